The molecule has 1 aromatic rings. The van der Waals surface area contributed by atoms with Crippen LogP contribution in [0, 0.1) is 17.4 Å². The summed E-state index contributed by atoms with van der Waals surface area (Å²) in [5.74, 6) is 0.340. The van der Waals surface area contributed by atoms with Gasteiger partial charge in [-0.25, -0.2) is 4.99 Å². The molecule has 5 nitrogen and oxygen atoms in total. The van der Waals surface area contributed by atoms with Gasteiger partial charge in [-0.2, -0.15) is 5.26 Å². The Morgan fingerprint density at radius 2 is 2.05 bits per heavy atom. The van der Waals surface area contributed by atoms with Crippen LogP contribution in [0.25, 0.3) is 0 Å². The molecule has 0 atom stereocenters. The van der Waals surface area contributed by atoms with Crippen molar-refractivity contribution in [1.29, 1.82) is 5.26 Å². The SMILES string of the molecule is CSC(=Nc1ccc(NC(=O)CC(C)C)cc1)NC#N. The average Bonchev–Trinajstić information content (AvgIpc) is 2.39. The third kappa shape index (κ3) is 5.76. The van der Waals surface area contributed by atoms with Gasteiger partial charge in [-0.1, -0.05) is 25.6 Å². The van der Waals surface area contributed by atoms with E-state index in [1.807, 2.05) is 26.3 Å². The zero-order valence-electron chi connectivity index (χ0n) is 11.8. The van der Waals surface area contributed by atoms with Crippen LogP contribution >= 0.6 is 11.8 Å². The highest BCUT2D eigenvalue weighted by Gasteiger charge is 2.05. The molecule has 6 heteroatoms. The maximum absolute atomic E-state index is 11.6. The number of rotatable bonds is 4. The second-order valence-corrected chi connectivity index (χ2v) is 5.35. The first kappa shape index (κ1) is 16.1. The first-order chi connectivity index (χ1) is 9.55. The molecule has 0 aromatic heterocycles. The number of hydrogen-bond donors (Lipinski definition) is 2. The number of amides is 1. The normalized spacial score (nSPS) is 11.1. The zero-order valence-corrected chi connectivity index (χ0v) is 12.6. The summed E-state index contributed by atoms with van der Waals surface area (Å²) in [5, 5.41) is 14.4. The van der Waals surface area contributed by atoms with Gasteiger partial charge in [0.1, 0.15) is 0 Å². The third-order valence-electron chi connectivity index (χ3n) is 2.33. The van der Waals surface area contributed by atoms with Crippen LogP contribution in [0.1, 0.15) is 20.3 Å². The molecule has 0 bridgehead atoms. The molecule has 0 heterocycles. The lowest BCUT2D eigenvalue weighted by molar-refractivity contribution is -0.116. The summed E-state index contributed by atoms with van der Waals surface area (Å²) in [6.45, 7) is 4.01. The van der Waals surface area contributed by atoms with E-state index in [1.165, 1.54) is 11.8 Å². The molecule has 0 fully saturated rings. The average molecular weight is 290 g/mol. The molecular weight excluding hydrogens is 272 g/mol. The van der Waals surface area contributed by atoms with Crippen LogP contribution in [0.2, 0.25) is 0 Å². The largest absolute Gasteiger partial charge is 0.326 e. The zero-order chi connectivity index (χ0) is 15.0. The van der Waals surface area contributed by atoms with Crippen LogP contribution in [-0.2, 0) is 4.79 Å². The second kappa shape index (κ2) is 8.23. The molecule has 2 N–H and O–H groups in total. The Kier molecular flexibility index (Phi) is 6.60. The minimum absolute atomic E-state index is 0.00667. The van der Waals surface area contributed by atoms with Crippen LogP contribution in [0.4, 0.5) is 11.4 Å². The van der Waals surface area contributed by atoms with Crippen LogP contribution in [0.15, 0.2) is 29.3 Å². The fourth-order valence-corrected chi connectivity index (χ4v) is 1.84. The summed E-state index contributed by atoms with van der Waals surface area (Å²) in [6.07, 6.45) is 4.18. The minimum atomic E-state index is 0.00667. The summed E-state index contributed by atoms with van der Waals surface area (Å²) in [6, 6.07) is 7.17. The molecule has 0 aliphatic carbocycles. The topological polar surface area (TPSA) is 77.3 Å². The summed E-state index contributed by atoms with van der Waals surface area (Å²) in [7, 11) is 0. The van der Waals surface area contributed by atoms with E-state index in [2.05, 4.69) is 15.6 Å². The highest BCUT2D eigenvalue weighted by molar-refractivity contribution is 8.13. The number of carbonyl (C=O) groups is 1. The van der Waals surface area contributed by atoms with E-state index in [1.54, 1.807) is 24.3 Å². The van der Waals surface area contributed by atoms with Crippen molar-refractivity contribution >= 4 is 34.2 Å². The first-order valence-electron chi connectivity index (χ1n) is 6.23. The summed E-state index contributed by atoms with van der Waals surface area (Å²) >= 11 is 1.36. The van der Waals surface area contributed by atoms with Gasteiger partial charge in [0.05, 0.1) is 5.69 Å². The number of anilines is 1. The van der Waals surface area contributed by atoms with Crippen molar-refractivity contribution in [1.82, 2.24) is 5.32 Å². The summed E-state index contributed by atoms with van der Waals surface area (Å²) < 4.78 is 0. The predicted octanol–water partition coefficient (Wildman–Crippen LogP) is 3.09. The van der Waals surface area contributed by atoms with Crippen molar-refractivity contribution in [2.45, 2.75) is 20.3 Å². The molecule has 0 spiro atoms. The molecule has 0 aliphatic heterocycles. The van der Waals surface area contributed by atoms with Crippen molar-refractivity contribution in [2.75, 3.05) is 11.6 Å². The minimum Gasteiger partial charge on any atom is -0.326 e. The van der Waals surface area contributed by atoms with E-state index in [4.69, 9.17) is 5.26 Å². The molecule has 1 rings (SSSR count). The van der Waals surface area contributed by atoms with Crippen molar-refractivity contribution in [3.05, 3.63) is 24.3 Å². The predicted molar refractivity (Wildman–Crippen MR) is 83.9 cm³/mol. The van der Waals surface area contributed by atoms with Crippen molar-refractivity contribution in [3.63, 3.8) is 0 Å². The number of hydrogen-bond acceptors (Lipinski definition) is 4. The molecule has 0 aliphatic rings. The Morgan fingerprint density at radius 3 is 2.55 bits per heavy atom. The van der Waals surface area contributed by atoms with Crippen molar-refractivity contribution in [2.24, 2.45) is 10.9 Å². The Morgan fingerprint density at radius 1 is 1.40 bits per heavy atom. The Bertz CT molecular complexity index is 517. The van der Waals surface area contributed by atoms with E-state index >= 15 is 0 Å². The number of carbonyl (C=O) groups excluding carboxylic acids is 1. The van der Waals surface area contributed by atoms with Gasteiger partial charge < -0.3 is 5.32 Å². The molecular formula is C14H18N4OS. The lowest BCUT2D eigenvalue weighted by atomic mass is 10.1. The molecule has 1 amide bonds. The van der Waals surface area contributed by atoms with Gasteiger partial charge in [-0.15, -0.1) is 0 Å². The Hall–Kier alpha value is -2.00. The quantitative estimate of drug-likeness (QED) is 0.386. The Labute approximate surface area is 123 Å². The monoisotopic (exact) mass is 290 g/mol. The van der Waals surface area contributed by atoms with Gasteiger partial charge in [0.2, 0.25) is 5.91 Å². The Balaban J connectivity index is 2.69. The number of benzene rings is 1. The van der Waals surface area contributed by atoms with E-state index in [0.29, 0.717) is 17.5 Å². The van der Waals surface area contributed by atoms with Crippen LogP contribution < -0.4 is 10.6 Å². The third-order valence-corrected chi connectivity index (χ3v) is 2.91. The highest BCUT2D eigenvalue weighted by Crippen LogP contribution is 2.18. The highest BCUT2D eigenvalue weighted by atomic mass is 32.2. The molecule has 0 saturated heterocycles. The van der Waals surface area contributed by atoms with Gasteiger partial charge in [0, 0.05) is 12.1 Å². The summed E-state index contributed by atoms with van der Waals surface area (Å²) in [5.41, 5.74) is 1.47. The van der Waals surface area contributed by atoms with E-state index in [9.17, 15) is 4.79 Å². The summed E-state index contributed by atoms with van der Waals surface area (Å²) in [4.78, 5) is 15.9. The number of nitrogens with one attached hydrogen (secondary N) is 2. The second-order valence-electron chi connectivity index (χ2n) is 4.55. The van der Waals surface area contributed by atoms with Crippen molar-refractivity contribution in [3.8, 4) is 6.19 Å². The van der Waals surface area contributed by atoms with Gasteiger partial charge in [-0.05, 0) is 36.4 Å². The molecule has 106 valence electrons. The van der Waals surface area contributed by atoms with Gasteiger partial charge >= 0.3 is 0 Å². The fraction of sp³-hybridized carbons (Fsp3) is 0.357. The maximum Gasteiger partial charge on any atom is 0.224 e. The lowest BCUT2D eigenvalue weighted by Gasteiger charge is -2.07. The number of nitriles is 1. The van der Waals surface area contributed by atoms with E-state index in [0.717, 1.165) is 11.4 Å². The van der Waals surface area contributed by atoms with Gasteiger partial charge in [0.15, 0.2) is 11.4 Å². The molecule has 0 unspecified atom stereocenters. The van der Waals surface area contributed by atoms with Crippen LogP contribution in [0.3, 0.4) is 0 Å². The number of thioether (sulfide) groups is 1. The molecule has 0 saturated carbocycles. The molecule has 20 heavy (non-hydrogen) atoms. The molecule has 0 radical (unpaired) electrons. The molecule has 1 aromatic carbocycles. The standard InChI is InChI=1S/C14H18N4OS/c1-10(2)8-13(19)17-11-4-6-12(7-5-11)18-14(20-3)16-9-15/h4-7,10H,8H2,1-3H3,(H,16,18)(H,17,19). The van der Waals surface area contributed by atoms with Crippen molar-refractivity contribution < 1.29 is 4.79 Å². The van der Waals surface area contributed by atoms with E-state index < -0.39 is 0 Å². The van der Waals surface area contributed by atoms with E-state index in [-0.39, 0.29) is 5.91 Å². The first-order valence-corrected chi connectivity index (χ1v) is 7.45. The fourth-order valence-electron chi connectivity index (χ4n) is 1.49. The lowest BCUT2D eigenvalue weighted by Crippen LogP contribution is -2.13. The number of nitrogens with zero attached hydrogens (tertiary/aromatic N) is 2. The smallest absolute Gasteiger partial charge is 0.224 e. The maximum atomic E-state index is 11.6. The number of aliphatic imine (C=N–C) groups is 1. The van der Waals surface area contributed by atoms with Gasteiger partial charge in [0.25, 0.3) is 0 Å². The number of amidine groups is 1. The van der Waals surface area contributed by atoms with Gasteiger partial charge in [-0.3, -0.25) is 10.1 Å². The van der Waals surface area contributed by atoms with Crippen LogP contribution in [-0.4, -0.2) is 17.3 Å². The van der Waals surface area contributed by atoms with Crippen LogP contribution in [0.5, 0.6) is 0 Å².